The van der Waals surface area contributed by atoms with E-state index in [1.165, 1.54) is 35.2 Å². The van der Waals surface area contributed by atoms with E-state index in [0.717, 1.165) is 17.0 Å². The summed E-state index contributed by atoms with van der Waals surface area (Å²) in [7, 11) is 1.59. The van der Waals surface area contributed by atoms with Gasteiger partial charge in [-0.25, -0.2) is 22.9 Å². The smallest absolute Gasteiger partial charge is 0.290 e. The number of hydrogen-bond donors (Lipinski definition) is 0. The number of halogens is 4. The van der Waals surface area contributed by atoms with Crippen molar-refractivity contribution in [2.45, 2.75) is 63.6 Å². The molecule has 0 N–H and O–H groups in total. The maximum atomic E-state index is 14.8. The van der Waals surface area contributed by atoms with Crippen LogP contribution in [0.4, 0.5) is 29.1 Å². The summed E-state index contributed by atoms with van der Waals surface area (Å²) in [6.45, 7) is 3.67. The number of hydrogen-bond acceptors (Lipinski definition) is 4. The lowest BCUT2D eigenvalue weighted by Gasteiger charge is -2.48. The summed E-state index contributed by atoms with van der Waals surface area (Å²) >= 11 is 0. The lowest BCUT2D eigenvalue weighted by molar-refractivity contribution is -0.870. The van der Waals surface area contributed by atoms with E-state index in [1.807, 2.05) is 0 Å². The second-order valence-electron chi connectivity index (χ2n) is 11.4. The number of quaternary nitrogens is 1. The zero-order valence-corrected chi connectivity index (χ0v) is 24.1. The monoisotopic (exact) mass is 597 g/mol. The molecule has 0 radical (unpaired) electrons. The lowest BCUT2D eigenvalue weighted by atomic mass is 9.84. The van der Waals surface area contributed by atoms with Crippen LogP contribution in [0.3, 0.4) is 0 Å². The van der Waals surface area contributed by atoms with Gasteiger partial charge >= 0.3 is 5.91 Å². The summed E-state index contributed by atoms with van der Waals surface area (Å²) in [5, 5.41) is 0. The molecule has 1 saturated carbocycles. The first kappa shape index (κ1) is 30.3. The van der Waals surface area contributed by atoms with E-state index in [1.54, 1.807) is 45.2 Å². The van der Waals surface area contributed by atoms with Gasteiger partial charge in [-0.05, 0) is 61.7 Å². The average Bonchev–Trinajstić information content (AvgIpc) is 3.35. The number of rotatable bonds is 8. The average molecular weight is 598 g/mol. The number of carbonyl (C=O) groups excluding carboxylic acids is 3. The number of amides is 3. The third-order valence-electron chi connectivity index (χ3n) is 8.78. The van der Waals surface area contributed by atoms with Crippen LogP contribution in [0.25, 0.3) is 0 Å². The molecule has 3 aromatic rings. The quantitative estimate of drug-likeness (QED) is 0.189. The summed E-state index contributed by atoms with van der Waals surface area (Å²) in [4.78, 5) is 48.6. The van der Waals surface area contributed by atoms with Gasteiger partial charge in [0.15, 0.2) is 6.04 Å². The van der Waals surface area contributed by atoms with Crippen LogP contribution in [-0.2, 0) is 14.4 Å². The van der Waals surface area contributed by atoms with Crippen LogP contribution in [0.1, 0.15) is 49.8 Å². The molecule has 2 aromatic carbocycles. The van der Waals surface area contributed by atoms with Gasteiger partial charge in [-0.2, -0.15) is 4.39 Å². The van der Waals surface area contributed by atoms with Gasteiger partial charge in [0.05, 0.1) is 26.4 Å². The first-order chi connectivity index (χ1) is 20.4. The van der Waals surface area contributed by atoms with E-state index in [-0.39, 0.29) is 35.4 Å². The number of carbonyl (C=O) groups is 3. The summed E-state index contributed by atoms with van der Waals surface area (Å²) in [5.74, 6) is -6.14. The Hall–Kier alpha value is -4.12. The predicted octanol–water partition coefficient (Wildman–Crippen LogP) is 5.73. The molecule has 2 fully saturated rings. The van der Waals surface area contributed by atoms with Gasteiger partial charge in [0.25, 0.3) is 11.8 Å². The van der Waals surface area contributed by atoms with E-state index >= 15 is 0 Å². The van der Waals surface area contributed by atoms with Crippen LogP contribution in [0.5, 0.6) is 0 Å². The second kappa shape index (κ2) is 11.5. The van der Waals surface area contributed by atoms with Gasteiger partial charge in [-0.15, -0.1) is 0 Å². The molecule has 1 aliphatic carbocycles. The van der Waals surface area contributed by atoms with Gasteiger partial charge in [0, 0.05) is 12.1 Å². The first-order valence-corrected chi connectivity index (χ1v) is 14.2. The lowest BCUT2D eigenvalue weighted by Crippen LogP contribution is -2.66. The fourth-order valence-electron chi connectivity index (χ4n) is 6.11. The van der Waals surface area contributed by atoms with Crippen molar-refractivity contribution in [2.24, 2.45) is 0 Å². The fourth-order valence-corrected chi connectivity index (χ4v) is 6.11. The molecule has 11 heteroatoms. The molecule has 3 unspecified atom stereocenters. The SMILES string of the molecule is CC[N+](C)(C(=O)C(c1ccccc1C)N(C(=O)C1CCC(=O)N1c1cccc(F)n1)c1cccc(F)c1)C1CC(F)(F)C1. The molecular formula is C32H33F4N4O3+. The molecule has 3 amide bonds. The number of likely N-dealkylation sites (N-methyl/N-ethyl adjacent to an activating group) is 1. The topological polar surface area (TPSA) is 70.6 Å². The van der Waals surface area contributed by atoms with Crippen LogP contribution in [-0.4, -0.2) is 58.8 Å². The fraction of sp³-hybridized carbons (Fsp3) is 0.375. The molecule has 7 nitrogen and oxygen atoms in total. The number of aromatic nitrogens is 1. The standard InChI is InChI=1S/C32H33F4N4O3/c1-4-40(3,23-18-32(35,36)19-23)31(43)29(24-12-6-5-9-20(24)2)38(22-11-7-10-21(33)17-22)30(42)25-15-16-28(41)39(25)27-14-8-13-26(34)37-27/h5-14,17,23,25,29H,4,15-16,18-19H2,1-3H3/q+1. The summed E-state index contributed by atoms with van der Waals surface area (Å²) in [6.07, 6.45) is -0.944. The number of anilines is 2. The highest BCUT2D eigenvalue weighted by molar-refractivity contribution is 6.10. The van der Waals surface area contributed by atoms with E-state index in [0.29, 0.717) is 11.1 Å². The molecule has 226 valence electrons. The Balaban J connectivity index is 1.68. The molecular weight excluding hydrogens is 564 g/mol. The number of benzene rings is 2. The Morgan fingerprint density at radius 2 is 1.77 bits per heavy atom. The van der Waals surface area contributed by atoms with Gasteiger partial charge in [-0.3, -0.25) is 23.9 Å². The van der Waals surface area contributed by atoms with Crippen molar-refractivity contribution in [1.82, 2.24) is 4.98 Å². The summed E-state index contributed by atoms with van der Waals surface area (Å²) < 4.78 is 56.6. The van der Waals surface area contributed by atoms with Gasteiger partial charge in [-0.1, -0.05) is 36.4 Å². The van der Waals surface area contributed by atoms with E-state index < -0.39 is 66.4 Å². The predicted molar refractivity (Wildman–Crippen MR) is 152 cm³/mol. The Morgan fingerprint density at radius 1 is 1.07 bits per heavy atom. The highest BCUT2D eigenvalue weighted by atomic mass is 19.3. The number of pyridine rings is 1. The Bertz CT molecular complexity index is 1560. The minimum absolute atomic E-state index is 0.0333. The van der Waals surface area contributed by atoms with E-state index in [9.17, 15) is 31.9 Å². The van der Waals surface area contributed by atoms with Crippen molar-refractivity contribution in [3.8, 4) is 0 Å². The van der Waals surface area contributed by atoms with E-state index in [4.69, 9.17) is 0 Å². The molecule has 1 saturated heterocycles. The molecule has 43 heavy (non-hydrogen) atoms. The minimum atomic E-state index is -2.89. The van der Waals surface area contributed by atoms with Crippen molar-refractivity contribution < 1.29 is 36.4 Å². The largest absolute Gasteiger partial charge is 0.341 e. The van der Waals surface area contributed by atoms with Crippen molar-refractivity contribution in [3.63, 3.8) is 0 Å². The third-order valence-corrected chi connectivity index (χ3v) is 8.78. The van der Waals surface area contributed by atoms with Crippen molar-refractivity contribution in [1.29, 1.82) is 0 Å². The third kappa shape index (κ3) is 5.65. The van der Waals surface area contributed by atoms with Crippen molar-refractivity contribution in [3.05, 3.63) is 89.6 Å². The number of aryl methyl sites for hydroxylation is 1. The Labute approximate surface area is 247 Å². The molecule has 5 rings (SSSR count). The zero-order valence-electron chi connectivity index (χ0n) is 24.1. The molecule has 0 spiro atoms. The second-order valence-corrected chi connectivity index (χ2v) is 11.4. The Kier molecular flexibility index (Phi) is 8.13. The molecule has 0 bridgehead atoms. The first-order valence-electron chi connectivity index (χ1n) is 14.2. The molecule has 3 atom stereocenters. The van der Waals surface area contributed by atoms with Crippen molar-refractivity contribution >= 4 is 29.2 Å². The summed E-state index contributed by atoms with van der Waals surface area (Å²) in [6, 6.07) is 12.8. The molecule has 1 aliphatic heterocycles. The van der Waals surface area contributed by atoms with Crippen LogP contribution >= 0.6 is 0 Å². The van der Waals surface area contributed by atoms with Gasteiger partial charge < -0.3 is 0 Å². The van der Waals surface area contributed by atoms with Crippen LogP contribution in [0.2, 0.25) is 0 Å². The Morgan fingerprint density at radius 3 is 2.40 bits per heavy atom. The maximum Gasteiger partial charge on any atom is 0.341 e. The van der Waals surface area contributed by atoms with E-state index in [2.05, 4.69) is 4.98 Å². The number of nitrogens with zero attached hydrogens (tertiary/aromatic N) is 4. The van der Waals surface area contributed by atoms with Crippen LogP contribution in [0.15, 0.2) is 66.7 Å². The highest BCUT2D eigenvalue weighted by Gasteiger charge is 2.59. The normalized spacial score (nSPS) is 20.3. The molecule has 2 aliphatic rings. The molecule has 1 aromatic heterocycles. The molecule has 2 heterocycles. The maximum absolute atomic E-state index is 14.8. The zero-order chi connectivity index (χ0) is 31.1. The van der Waals surface area contributed by atoms with Crippen LogP contribution < -0.4 is 9.80 Å². The van der Waals surface area contributed by atoms with Gasteiger partial charge in [0.1, 0.15) is 23.7 Å². The minimum Gasteiger partial charge on any atom is -0.290 e. The van der Waals surface area contributed by atoms with Gasteiger partial charge in [0.2, 0.25) is 11.9 Å². The van der Waals surface area contributed by atoms with Crippen LogP contribution in [0, 0.1) is 18.7 Å². The van der Waals surface area contributed by atoms with Crippen molar-refractivity contribution in [2.75, 3.05) is 23.4 Å². The summed E-state index contributed by atoms with van der Waals surface area (Å²) in [5.41, 5.74) is 1.15. The number of alkyl halides is 2. The highest BCUT2D eigenvalue weighted by Crippen LogP contribution is 2.45.